The fraction of sp³-hybridized carbons (Fsp3) is 0.467. The Morgan fingerprint density at radius 2 is 1.67 bits per heavy atom. The zero-order chi connectivity index (χ0) is 27.0. The van der Waals surface area contributed by atoms with Gasteiger partial charge in [-0.2, -0.15) is 15.0 Å². The SMILES string of the molecule is COCCOc1nc(C)c2nc(OC)n(Cc3ccc(-c4ccc(CCCN5CCCCC5)nc4)cc3)c2n1. The normalized spacial score (nSPS) is 14.1. The van der Waals surface area contributed by atoms with E-state index in [0.29, 0.717) is 42.9 Å². The number of nitrogens with zero attached hydrogens (tertiary/aromatic N) is 6. The predicted octanol–water partition coefficient (Wildman–Crippen LogP) is 4.70. The van der Waals surface area contributed by atoms with Crippen LogP contribution in [0.15, 0.2) is 42.6 Å². The molecule has 1 saturated heterocycles. The van der Waals surface area contributed by atoms with E-state index >= 15 is 0 Å². The minimum absolute atomic E-state index is 0.304. The highest BCUT2D eigenvalue weighted by atomic mass is 16.5. The van der Waals surface area contributed by atoms with Crippen LogP contribution in [0.4, 0.5) is 0 Å². The minimum Gasteiger partial charge on any atom is -0.468 e. The van der Waals surface area contributed by atoms with Crippen molar-refractivity contribution in [3.8, 4) is 23.1 Å². The summed E-state index contributed by atoms with van der Waals surface area (Å²) in [5.74, 6) is 0. The average Bonchev–Trinajstić information content (AvgIpc) is 3.32. The number of imidazole rings is 1. The molecule has 1 aliphatic heterocycles. The van der Waals surface area contributed by atoms with Crippen LogP contribution in [0.5, 0.6) is 12.0 Å². The lowest BCUT2D eigenvalue weighted by molar-refractivity contribution is 0.141. The van der Waals surface area contributed by atoms with Crippen LogP contribution >= 0.6 is 0 Å². The van der Waals surface area contributed by atoms with Crippen molar-refractivity contribution in [1.82, 2.24) is 29.4 Å². The van der Waals surface area contributed by atoms with Gasteiger partial charge in [-0.25, -0.2) is 0 Å². The maximum Gasteiger partial charge on any atom is 0.318 e. The fourth-order valence-corrected chi connectivity index (χ4v) is 5.07. The summed E-state index contributed by atoms with van der Waals surface area (Å²) >= 11 is 0. The molecule has 0 amide bonds. The van der Waals surface area contributed by atoms with Crippen molar-refractivity contribution in [3.63, 3.8) is 0 Å². The van der Waals surface area contributed by atoms with E-state index in [2.05, 4.69) is 56.3 Å². The van der Waals surface area contributed by atoms with Crippen LogP contribution in [-0.2, 0) is 17.7 Å². The van der Waals surface area contributed by atoms with Gasteiger partial charge < -0.3 is 19.1 Å². The number of ether oxygens (including phenoxy) is 3. The molecule has 0 spiro atoms. The largest absolute Gasteiger partial charge is 0.468 e. The number of aryl methyl sites for hydroxylation is 2. The van der Waals surface area contributed by atoms with Gasteiger partial charge in [0.2, 0.25) is 0 Å². The first kappa shape index (κ1) is 27.0. The van der Waals surface area contributed by atoms with E-state index in [4.69, 9.17) is 19.2 Å². The lowest BCUT2D eigenvalue weighted by Gasteiger charge is -2.26. The molecule has 4 aromatic rings. The van der Waals surface area contributed by atoms with E-state index < -0.39 is 0 Å². The third-order valence-corrected chi connectivity index (χ3v) is 7.22. The average molecular weight is 531 g/mol. The lowest BCUT2D eigenvalue weighted by atomic mass is 10.0. The first-order valence-electron chi connectivity index (χ1n) is 13.8. The highest BCUT2D eigenvalue weighted by Crippen LogP contribution is 2.26. The molecular weight excluding hydrogens is 492 g/mol. The molecule has 1 aliphatic rings. The predicted molar refractivity (Wildman–Crippen MR) is 151 cm³/mol. The monoisotopic (exact) mass is 530 g/mol. The summed E-state index contributed by atoms with van der Waals surface area (Å²) in [6.07, 6.45) is 8.25. The lowest BCUT2D eigenvalue weighted by Crippen LogP contribution is -2.30. The zero-order valence-corrected chi connectivity index (χ0v) is 23.2. The van der Waals surface area contributed by atoms with Crippen molar-refractivity contribution in [1.29, 1.82) is 0 Å². The molecule has 1 aromatic carbocycles. The van der Waals surface area contributed by atoms with Crippen molar-refractivity contribution in [2.75, 3.05) is 47.1 Å². The topological polar surface area (TPSA) is 87.4 Å². The van der Waals surface area contributed by atoms with Gasteiger partial charge in [0.15, 0.2) is 5.65 Å². The number of methoxy groups -OCH3 is 2. The molecule has 0 N–H and O–H groups in total. The third-order valence-electron chi connectivity index (χ3n) is 7.22. The summed E-state index contributed by atoms with van der Waals surface area (Å²) in [5, 5.41) is 0. The first-order chi connectivity index (χ1) is 19.1. The molecule has 9 heteroatoms. The highest BCUT2D eigenvalue weighted by Gasteiger charge is 2.18. The summed E-state index contributed by atoms with van der Waals surface area (Å²) in [5.41, 5.74) is 6.64. The molecule has 5 rings (SSSR count). The van der Waals surface area contributed by atoms with Crippen molar-refractivity contribution >= 4 is 11.2 Å². The Bertz CT molecular complexity index is 1350. The van der Waals surface area contributed by atoms with Gasteiger partial charge >= 0.3 is 6.01 Å². The van der Waals surface area contributed by atoms with Gasteiger partial charge in [0, 0.05) is 24.6 Å². The number of fused-ring (bicyclic) bond motifs is 1. The Kier molecular flexibility index (Phi) is 9.00. The molecule has 0 atom stereocenters. The summed E-state index contributed by atoms with van der Waals surface area (Å²) in [6, 6.07) is 13.6. The van der Waals surface area contributed by atoms with Crippen LogP contribution < -0.4 is 9.47 Å². The smallest absolute Gasteiger partial charge is 0.318 e. The van der Waals surface area contributed by atoms with Gasteiger partial charge in [0.25, 0.3) is 6.01 Å². The molecule has 0 bridgehead atoms. The molecule has 0 radical (unpaired) electrons. The van der Waals surface area contributed by atoms with E-state index in [1.54, 1.807) is 14.2 Å². The number of hydrogen-bond donors (Lipinski definition) is 0. The number of aromatic nitrogens is 5. The number of piperidine rings is 1. The van der Waals surface area contributed by atoms with E-state index in [1.807, 2.05) is 17.7 Å². The van der Waals surface area contributed by atoms with Crippen molar-refractivity contribution < 1.29 is 14.2 Å². The number of pyridine rings is 1. The van der Waals surface area contributed by atoms with Crippen molar-refractivity contribution in [2.24, 2.45) is 0 Å². The number of benzene rings is 1. The Balaban J connectivity index is 1.25. The molecule has 9 nitrogen and oxygen atoms in total. The van der Waals surface area contributed by atoms with E-state index in [1.165, 1.54) is 45.3 Å². The second-order valence-electron chi connectivity index (χ2n) is 10.0. The van der Waals surface area contributed by atoms with Gasteiger partial charge in [-0.1, -0.05) is 36.8 Å². The van der Waals surface area contributed by atoms with Gasteiger partial charge in [0.1, 0.15) is 12.1 Å². The van der Waals surface area contributed by atoms with Crippen LogP contribution in [0.1, 0.15) is 42.6 Å². The van der Waals surface area contributed by atoms with Gasteiger partial charge in [-0.15, -0.1) is 0 Å². The molecular formula is C30H38N6O3. The Labute approximate surface area is 230 Å². The van der Waals surface area contributed by atoms with E-state index in [0.717, 1.165) is 34.5 Å². The Morgan fingerprint density at radius 1 is 0.872 bits per heavy atom. The summed E-state index contributed by atoms with van der Waals surface area (Å²) < 4.78 is 18.3. The summed E-state index contributed by atoms with van der Waals surface area (Å²) in [6.45, 7) is 6.98. The van der Waals surface area contributed by atoms with Gasteiger partial charge in [-0.05, 0) is 69.4 Å². The van der Waals surface area contributed by atoms with Crippen LogP contribution in [-0.4, -0.2) is 76.5 Å². The molecule has 3 aromatic heterocycles. The standard InChI is InChI=1S/C30H38N6O3/c1-22-27-28(34-29(32-22)39-19-18-37-2)36(30(33-27)38-3)21-23-9-11-24(12-10-23)25-13-14-26(31-20-25)8-7-17-35-15-5-4-6-16-35/h9-14,20H,4-8,15-19,21H2,1-3H3. The maximum absolute atomic E-state index is 5.67. The highest BCUT2D eigenvalue weighted by molar-refractivity contribution is 5.75. The number of likely N-dealkylation sites (tertiary alicyclic amines) is 1. The van der Waals surface area contributed by atoms with E-state index in [-0.39, 0.29) is 0 Å². The molecule has 4 heterocycles. The van der Waals surface area contributed by atoms with E-state index in [9.17, 15) is 0 Å². The molecule has 1 fully saturated rings. The van der Waals surface area contributed by atoms with Gasteiger partial charge in [0.05, 0.1) is 26.0 Å². The molecule has 206 valence electrons. The maximum atomic E-state index is 5.67. The third kappa shape index (κ3) is 6.72. The number of hydrogen-bond acceptors (Lipinski definition) is 8. The fourth-order valence-electron chi connectivity index (χ4n) is 5.07. The molecule has 0 unspecified atom stereocenters. The van der Waals surface area contributed by atoms with Gasteiger partial charge in [-0.3, -0.25) is 9.55 Å². The van der Waals surface area contributed by atoms with Crippen molar-refractivity contribution in [2.45, 2.75) is 45.6 Å². The van der Waals surface area contributed by atoms with Crippen LogP contribution in [0.3, 0.4) is 0 Å². The molecule has 0 aliphatic carbocycles. The summed E-state index contributed by atoms with van der Waals surface area (Å²) in [4.78, 5) is 21.0. The van der Waals surface area contributed by atoms with Crippen LogP contribution in [0, 0.1) is 6.92 Å². The second-order valence-corrected chi connectivity index (χ2v) is 10.0. The minimum atomic E-state index is 0.304. The Morgan fingerprint density at radius 3 is 2.38 bits per heavy atom. The Hall–Kier alpha value is -3.56. The summed E-state index contributed by atoms with van der Waals surface area (Å²) in [7, 11) is 3.25. The van der Waals surface area contributed by atoms with Crippen LogP contribution in [0.25, 0.3) is 22.3 Å². The second kappa shape index (κ2) is 13.0. The van der Waals surface area contributed by atoms with Crippen LogP contribution in [0.2, 0.25) is 0 Å². The first-order valence-corrected chi connectivity index (χ1v) is 13.8. The quantitative estimate of drug-likeness (QED) is 0.244. The zero-order valence-electron chi connectivity index (χ0n) is 23.2. The van der Waals surface area contributed by atoms with Crippen molar-refractivity contribution in [3.05, 3.63) is 59.5 Å². The molecule has 39 heavy (non-hydrogen) atoms. The number of rotatable bonds is 12. The molecule has 0 saturated carbocycles.